The Morgan fingerprint density at radius 1 is 1.16 bits per heavy atom. The number of nitro benzene ring substituents is 1. The largest absolute Gasteiger partial charge is 0.452 e. The van der Waals surface area contributed by atoms with Crippen LogP contribution in [0.15, 0.2) is 48.5 Å². The molecule has 32 heavy (non-hydrogen) atoms. The minimum Gasteiger partial charge on any atom is -0.452 e. The first-order valence-electron chi connectivity index (χ1n) is 10.4. The van der Waals surface area contributed by atoms with Crippen molar-refractivity contribution in [1.82, 2.24) is 5.32 Å². The molecule has 0 bridgehead atoms. The van der Waals surface area contributed by atoms with Gasteiger partial charge in [-0.3, -0.25) is 25.0 Å². The average Bonchev–Trinajstić information content (AvgIpc) is 2.77. The van der Waals surface area contributed by atoms with E-state index in [1.165, 1.54) is 12.1 Å². The molecule has 1 heterocycles. The van der Waals surface area contributed by atoms with Crippen molar-refractivity contribution < 1.29 is 24.0 Å². The zero-order valence-corrected chi connectivity index (χ0v) is 17.8. The molecule has 1 aliphatic rings. The Morgan fingerprint density at radius 3 is 2.59 bits per heavy atom. The monoisotopic (exact) mass is 439 g/mol. The molecule has 0 aromatic heterocycles. The fourth-order valence-electron chi connectivity index (χ4n) is 3.70. The van der Waals surface area contributed by atoms with Crippen LogP contribution in [-0.4, -0.2) is 42.4 Å². The molecule has 1 aliphatic heterocycles. The summed E-state index contributed by atoms with van der Waals surface area (Å²) < 4.78 is 4.94. The molecular weight excluding hydrogens is 414 g/mol. The molecule has 0 aliphatic carbocycles. The molecule has 0 saturated carbocycles. The molecule has 1 N–H and O–H groups in total. The van der Waals surface area contributed by atoms with Gasteiger partial charge in [0.05, 0.1) is 16.9 Å². The van der Waals surface area contributed by atoms with Crippen LogP contribution in [0.2, 0.25) is 0 Å². The zero-order chi connectivity index (χ0) is 23.1. The summed E-state index contributed by atoms with van der Waals surface area (Å²) in [4.78, 5) is 49.2. The Balaban J connectivity index is 1.58. The summed E-state index contributed by atoms with van der Waals surface area (Å²) in [5.74, 6) is -1.74. The van der Waals surface area contributed by atoms with Crippen LogP contribution in [0.1, 0.15) is 35.7 Å². The molecule has 9 heteroatoms. The number of anilines is 1. The maximum Gasteiger partial charge on any atom is 0.338 e. The summed E-state index contributed by atoms with van der Waals surface area (Å²) in [5, 5.41) is 13.7. The van der Waals surface area contributed by atoms with E-state index in [4.69, 9.17) is 4.74 Å². The number of carbonyl (C=O) groups excluding carboxylic acids is 3. The molecule has 1 saturated heterocycles. The fourth-order valence-corrected chi connectivity index (χ4v) is 3.70. The molecule has 2 aromatic carbocycles. The predicted molar refractivity (Wildman–Crippen MR) is 117 cm³/mol. The Labute approximate surface area is 185 Å². The van der Waals surface area contributed by atoms with Crippen LogP contribution in [0.4, 0.5) is 11.4 Å². The van der Waals surface area contributed by atoms with E-state index >= 15 is 0 Å². The fraction of sp³-hybridized carbons (Fsp3) is 0.348. The molecule has 0 spiro atoms. The number of hydrogen-bond acceptors (Lipinski definition) is 7. The van der Waals surface area contributed by atoms with E-state index in [0.717, 1.165) is 24.5 Å². The van der Waals surface area contributed by atoms with Gasteiger partial charge < -0.3 is 9.64 Å². The Bertz CT molecular complexity index is 1010. The van der Waals surface area contributed by atoms with Gasteiger partial charge in [0, 0.05) is 19.2 Å². The highest BCUT2D eigenvalue weighted by Crippen LogP contribution is 2.32. The van der Waals surface area contributed by atoms with E-state index in [-0.39, 0.29) is 17.7 Å². The molecule has 9 nitrogen and oxygen atoms in total. The lowest BCUT2D eigenvalue weighted by atomic mass is 9.99. The first kappa shape index (κ1) is 22.9. The van der Waals surface area contributed by atoms with Gasteiger partial charge in [-0.2, -0.15) is 0 Å². The van der Waals surface area contributed by atoms with Crippen molar-refractivity contribution >= 4 is 29.2 Å². The highest BCUT2D eigenvalue weighted by Gasteiger charge is 2.25. The second-order valence-electron chi connectivity index (χ2n) is 7.86. The average molecular weight is 439 g/mol. The number of nitro groups is 1. The van der Waals surface area contributed by atoms with Crippen molar-refractivity contribution in [3.8, 4) is 0 Å². The van der Waals surface area contributed by atoms with Crippen LogP contribution in [-0.2, 0) is 20.7 Å². The number of nitrogens with one attached hydrogen (secondary N) is 1. The molecular formula is C23H25N3O6. The van der Waals surface area contributed by atoms with E-state index in [1.54, 1.807) is 24.3 Å². The number of amides is 2. The summed E-state index contributed by atoms with van der Waals surface area (Å²) in [7, 11) is 0. The van der Waals surface area contributed by atoms with Gasteiger partial charge in [0.15, 0.2) is 6.61 Å². The van der Waals surface area contributed by atoms with Gasteiger partial charge in [-0.1, -0.05) is 37.3 Å². The third-order valence-corrected chi connectivity index (χ3v) is 5.23. The van der Waals surface area contributed by atoms with Gasteiger partial charge in [0.1, 0.15) is 5.69 Å². The highest BCUT2D eigenvalue weighted by atomic mass is 16.6. The van der Waals surface area contributed by atoms with Crippen molar-refractivity contribution in [2.24, 2.45) is 5.92 Å². The third kappa shape index (κ3) is 6.13. The SMILES string of the molecule is CC1CCCN(c2ccc(C(=O)OCC(=O)NC(=O)Cc3ccccc3)cc2[N+](=O)[O-])C1. The predicted octanol–water partition coefficient (Wildman–Crippen LogP) is 2.87. The number of piperidine rings is 1. The first-order chi connectivity index (χ1) is 15.3. The van der Waals surface area contributed by atoms with E-state index in [0.29, 0.717) is 24.7 Å². The van der Waals surface area contributed by atoms with Gasteiger partial charge in [-0.25, -0.2) is 4.79 Å². The van der Waals surface area contributed by atoms with Crippen LogP contribution in [0, 0.1) is 16.0 Å². The lowest BCUT2D eigenvalue weighted by Crippen LogP contribution is -2.35. The quantitative estimate of drug-likeness (QED) is 0.400. The molecule has 2 aromatic rings. The van der Waals surface area contributed by atoms with Crippen LogP contribution in [0.25, 0.3) is 0 Å². The van der Waals surface area contributed by atoms with E-state index in [9.17, 15) is 24.5 Å². The standard InChI is InChI=1S/C23H25N3O6/c1-16-6-5-11-25(14-16)19-10-9-18(13-20(19)26(30)31)23(29)32-15-22(28)24-21(27)12-17-7-3-2-4-8-17/h2-4,7-10,13,16H,5-6,11-12,14-15H2,1H3,(H,24,27,28). The van der Waals surface area contributed by atoms with E-state index in [1.807, 2.05) is 11.0 Å². The van der Waals surface area contributed by atoms with Crippen LogP contribution in [0.3, 0.4) is 0 Å². The highest BCUT2D eigenvalue weighted by molar-refractivity contribution is 5.98. The van der Waals surface area contributed by atoms with Crippen LogP contribution < -0.4 is 10.2 Å². The maximum atomic E-state index is 12.3. The number of esters is 1. The van der Waals surface area contributed by atoms with Crippen LogP contribution >= 0.6 is 0 Å². The number of rotatable bonds is 7. The maximum absolute atomic E-state index is 12.3. The second-order valence-corrected chi connectivity index (χ2v) is 7.86. The summed E-state index contributed by atoms with van der Waals surface area (Å²) in [6.45, 7) is 2.85. The lowest BCUT2D eigenvalue weighted by molar-refractivity contribution is -0.384. The van der Waals surface area contributed by atoms with Crippen molar-refractivity contribution in [3.05, 3.63) is 69.8 Å². The minimum absolute atomic E-state index is 0.0172. The minimum atomic E-state index is -0.877. The van der Waals surface area contributed by atoms with Crippen LogP contribution in [0.5, 0.6) is 0 Å². The lowest BCUT2D eigenvalue weighted by Gasteiger charge is -2.32. The number of hydrogen-bond donors (Lipinski definition) is 1. The summed E-state index contributed by atoms with van der Waals surface area (Å²) >= 11 is 0. The molecule has 168 valence electrons. The van der Waals surface area contributed by atoms with Gasteiger partial charge >= 0.3 is 5.97 Å². The molecule has 1 atom stereocenters. The second kappa shape index (κ2) is 10.5. The number of ether oxygens (including phenoxy) is 1. The topological polar surface area (TPSA) is 119 Å². The van der Waals surface area contributed by atoms with Gasteiger partial charge in [-0.05, 0) is 36.5 Å². The smallest absolute Gasteiger partial charge is 0.338 e. The number of imide groups is 1. The summed E-state index contributed by atoms with van der Waals surface area (Å²) in [5.41, 5.74) is 0.984. The van der Waals surface area contributed by atoms with E-state index < -0.39 is 29.3 Å². The normalized spacial score (nSPS) is 15.7. The Hall–Kier alpha value is -3.75. The number of carbonyl (C=O) groups is 3. The summed E-state index contributed by atoms with van der Waals surface area (Å²) in [6.07, 6.45) is 2.04. The van der Waals surface area contributed by atoms with Crippen molar-refractivity contribution in [3.63, 3.8) is 0 Å². The Kier molecular flexibility index (Phi) is 7.54. The molecule has 0 radical (unpaired) electrons. The zero-order valence-electron chi connectivity index (χ0n) is 17.8. The molecule has 1 fully saturated rings. The molecule has 1 unspecified atom stereocenters. The number of nitrogens with zero attached hydrogens (tertiary/aromatic N) is 2. The van der Waals surface area contributed by atoms with Crippen molar-refractivity contribution in [1.29, 1.82) is 0 Å². The summed E-state index contributed by atoms with van der Waals surface area (Å²) in [6, 6.07) is 13.0. The van der Waals surface area contributed by atoms with Crippen molar-refractivity contribution in [2.75, 3.05) is 24.6 Å². The van der Waals surface area contributed by atoms with Gasteiger partial charge in [0.25, 0.3) is 11.6 Å². The molecule has 3 rings (SSSR count). The number of benzene rings is 2. The van der Waals surface area contributed by atoms with Gasteiger partial charge in [-0.15, -0.1) is 0 Å². The first-order valence-corrected chi connectivity index (χ1v) is 10.4. The van der Waals surface area contributed by atoms with Crippen molar-refractivity contribution in [2.45, 2.75) is 26.2 Å². The third-order valence-electron chi connectivity index (χ3n) is 5.23. The van der Waals surface area contributed by atoms with E-state index in [2.05, 4.69) is 12.2 Å². The molecule has 2 amide bonds. The van der Waals surface area contributed by atoms with Gasteiger partial charge in [0.2, 0.25) is 5.91 Å². The Morgan fingerprint density at radius 2 is 1.91 bits per heavy atom.